The molecule has 2 aromatic carbocycles. The monoisotopic (exact) mass is 270 g/mol. The van der Waals surface area contributed by atoms with Gasteiger partial charge in [-0.3, -0.25) is 0 Å². The van der Waals surface area contributed by atoms with Gasteiger partial charge in [-0.25, -0.2) is 4.39 Å². The van der Waals surface area contributed by atoms with Gasteiger partial charge in [-0.15, -0.1) is 0 Å². The summed E-state index contributed by atoms with van der Waals surface area (Å²) in [6.07, 6.45) is 0.588. The molecule has 20 heavy (non-hydrogen) atoms. The Morgan fingerprint density at radius 3 is 2.60 bits per heavy atom. The summed E-state index contributed by atoms with van der Waals surface area (Å²) in [6.45, 7) is 0. The van der Waals surface area contributed by atoms with Crippen molar-refractivity contribution in [2.45, 2.75) is 18.9 Å². The van der Waals surface area contributed by atoms with E-state index in [1.165, 1.54) is 6.07 Å². The third-order valence-corrected chi connectivity index (χ3v) is 3.40. The van der Waals surface area contributed by atoms with Crippen molar-refractivity contribution in [3.63, 3.8) is 0 Å². The first-order valence-electron chi connectivity index (χ1n) is 6.64. The third kappa shape index (κ3) is 2.58. The fraction of sp³-hybridized carbons (Fsp3) is 0.176. The van der Waals surface area contributed by atoms with Gasteiger partial charge in [0.05, 0.1) is 6.10 Å². The lowest BCUT2D eigenvalue weighted by atomic mass is 10.0. The van der Waals surface area contributed by atoms with Crippen LogP contribution in [0.2, 0.25) is 0 Å². The minimum absolute atomic E-state index is 0.289. The predicted octanol–water partition coefficient (Wildman–Crippen LogP) is 4.24. The van der Waals surface area contributed by atoms with Gasteiger partial charge in [-0.05, 0) is 24.1 Å². The summed E-state index contributed by atoms with van der Waals surface area (Å²) < 4.78 is 19.0. The van der Waals surface area contributed by atoms with E-state index in [1.54, 1.807) is 6.07 Å². The molecule has 0 radical (unpaired) electrons. The SMILES string of the molecule is OC(CCc1cc2cccc(F)c2o1)c1ccccc1. The minimum atomic E-state index is -0.533. The molecule has 3 aromatic rings. The summed E-state index contributed by atoms with van der Waals surface area (Å²) in [5.41, 5.74) is 1.17. The molecule has 0 aliphatic carbocycles. The molecule has 2 nitrogen and oxygen atoms in total. The number of para-hydroxylation sites is 1. The fourth-order valence-corrected chi connectivity index (χ4v) is 2.32. The maximum atomic E-state index is 13.5. The van der Waals surface area contributed by atoms with Crippen molar-refractivity contribution in [1.29, 1.82) is 0 Å². The molecule has 1 atom stereocenters. The maximum absolute atomic E-state index is 13.5. The fourth-order valence-electron chi connectivity index (χ4n) is 2.32. The van der Waals surface area contributed by atoms with Gasteiger partial charge in [0.15, 0.2) is 11.4 Å². The van der Waals surface area contributed by atoms with Crippen LogP contribution in [0.5, 0.6) is 0 Å². The number of aliphatic hydroxyl groups excluding tert-OH is 1. The van der Waals surface area contributed by atoms with Crippen molar-refractivity contribution in [3.8, 4) is 0 Å². The van der Waals surface area contributed by atoms with Crippen LogP contribution in [0.25, 0.3) is 11.0 Å². The molecule has 1 aromatic heterocycles. The maximum Gasteiger partial charge on any atom is 0.169 e. The number of hydrogen-bond donors (Lipinski definition) is 1. The average molecular weight is 270 g/mol. The number of hydrogen-bond acceptors (Lipinski definition) is 2. The van der Waals surface area contributed by atoms with Crippen molar-refractivity contribution >= 4 is 11.0 Å². The zero-order valence-electron chi connectivity index (χ0n) is 10.9. The molecule has 3 rings (SSSR count). The highest BCUT2D eigenvalue weighted by Crippen LogP contribution is 2.25. The predicted molar refractivity (Wildman–Crippen MR) is 75.9 cm³/mol. The van der Waals surface area contributed by atoms with Gasteiger partial charge in [-0.2, -0.15) is 0 Å². The molecule has 102 valence electrons. The van der Waals surface area contributed by atoms with Crippen molar-refractivity contribution in [2.75, 3.05) is 0 Å². The molecule has 0 aliphatic rings. The Morgan fingerprint density at radius 2 is 1.85 bits per heavy atom. The molecule has 0 bridgehead atoms. The van der Waals surface area contributed by atoms with Crippen LogP contribution < -0.4 is 0 Å². The molecular formula is C17H15FO2. The van der Waals surface area contributed by atoms with Crippen LogP contribution in [-0.2, 0) is 6.42 Å². The Hall–Kier alpha value is -2.13. The topological polar surface area (TPSA) is 33.4 Å². The van der Waals surface area contributed by atoms with Crippen molar-refractivity contribution < 1.29 is 13.9 Å². The normalized spacial score (nSPS) is 12.7. The molecule has 1 N–H and O–H groups in total. The number of aryl methyl sites for hydroxylation is 1. The minimum Gasteiger partial charge on any atom is -0.458 e. The Bertz CT molecular complexity index is 703. The molecule has 1 heterocycles. The second kappa shape index (κ2) is 5.47. The van der Waals surface area contributed by atoms with Gasteiger partial charge < -0.3 is 9.52 Å². The standard InChI is InChI=1S/C17H15FO2/c18-15-8-4-7-13-11-14(20-17(13)15)9-10-16(19)12-5-2-1-3-6-12/h1-8,11,16,19H,9-10H2. The molecule has 0 aliphatic heterocycles. The number of halogens is 1. The van der Waals surface area contributed by atoms with Crippen LogP contribution in [0.1, 0.15) is 23.8 Å². The summed E-state index contributed by atoms with van der Waals surface area (Å²) in [7, 11) is 0. The summed E-state index contributed by atoms with van der Waals surface area (Å²) in [5.74, 6) is 0.345. The van der Waals surface area contributed by atoms with E-state index in [1.807, 2.05) is 42.5 Å². The van der Waals surface area contributed by atoms with Crippen molar-refractivity contribution in [1.82, 2.24) is 0 Å². The number of fused-ring (bicyclic) bond motifs is 1. The van der Waals surface area contributed by atoms with Crippen LogP contribution in [0.15, 0.2) is 59.0 Å². The molecule has 1 unspecified atom stereocenters. The van der Waals surface area contributed by atoms with E-state index < -0.39 is 6.10 Å². The molecule has 0 amide bonds. The molecule has 0 fully saturated rings. The smallest absolute Gasteiger partial charge is 0.169 e. The number of aliphatic hydroxyl groups is 1. The Kier molecular flexibility index (Phi) is 3.52. The van der Waals surface area contributed by atoms with Gasteiger partial charge in [0.2, 0.25) is 0 Å². The zero-order chi connectivity index (χ0) is 13.9. The molecular weight excluding hydrogens is 255 g/mol. The van der Waals surface area contributed by atoms with Gasteiger partial charge in [0.25, 0.3) is 0 Å². The van der Waals surface area contributed by atoms with Crippen molar-refractivity contribution in [2.24, 2.45) is 0 Å². The first kappa shape index (κ1) is 12.9. The lowest BCUT2D eigenvalue weighted by Gasteiger charge is -2.09. The summed E-state index contributed by atoms with van der Waals surface area (Å²) in [4.78, 5) is 0. The van der Waals surface area contributed by atoms with E-state index in [0.717, 1.165) is 10.9 Å². The number of benzene rings is 2. The highest BCUT2D eigenvalue weighted by Gasteiger charge is 2.11. The Morgan fingerprint density at radius 1 is 1.05 bits per heavy atom. The number of furan rings is 1. The highest BCUT2D eigenvalue weighted by atomic mass is 19.1. The van der Waals surface area contributed by atoms with Crippen LogP contribution in [-0.4, -0.2) is 5.11 Å². The lowest BCUT2D eigenvalue weighted by molar-refractivity contribution is 0.165. The Labute approximate surface area is 116 Å². The largest absolute Gasteiger partial charge is 0.458 e. The third-order valence-electron chi connectivity index (χ3n) is 3.40. The Balaban J connectivity index is 1.72. The average Bonchev–Trinajstić information content (AvgIpc) is 2.90. The van der Waals surface area contributed by atoms with E-state index in [2.05, 4.69) is 0 Å². The van der Waals surface area contributed by atoms with E-state index in [9.17, 15) is 9.50 Å². The van der Waals surface area contributed by atoms with E-state index in [0.29, 0.717) is 18.6 Å². The lowest BCUT2D eigenvalue weighted by Crippen LogP contribution is -1.98. The van der Waals surface area contributed by atoms with Gasteiger partial charge in [0, 0.05) is 11.8 Å². The molecule has 0 saturated carbocycles. The molecule has 0 spiro atoms. The summed E-state index contributed by atoms with van der Waals surface area (Å²) in [6, 6.07) is 16.2. The van der Waals surface area contributed by atoms with Crippen LogP contribution in [0.4, 0.5) is 4.39 Å². The van der Waals surface area contributed by atoms with E-state index in [-0.39, 0.29) is 11.4 Å². The van der Waals surface area contributed by atoms with Crippen LogP contribution in [0, 0.1) is 5.82 Å². The second-order valence-corrected chi connectivity index (χ2v) is 4.84. The molecule has 0 saturated heterocycles. The van der Waals surface area contributed by atoms with Crippen LogP contribution in [0.3, 0.4) is 0 Å². The quantitative estimate of drug-likeness (QED) is 0.769. The zero-order valence-corrected chi connectivity index (χ0v) is 10.9. The van der Waals surface area contributed by atoms with E-state index >= 15 is 0 Å². The van der Waals surface area contributed by atoms with Crippen molar-refractivity contribution in [3.05, 3.63) is 71.7 Å². The summed E-state index contributed by atoms with van der Waals surface area (Å²) >= 11 is 0. The first-order chi connectivity index (χ1) is 9.74. The van der Waals surface area contributed by atoms with Crippen LogP contribution >= 0.6 is 0 Å². The van der Waals surface area contributed by atoms with Gasteiger partial charge in [-0.1, -0.05) is 42.5 Å². The second-order valence-electron chi connectivity index (χ2n) is 4.84. The van der Waals surface area contributed by atoms with Gasteiger partial charge >= 0.3 is 0 Å². The molecule has 3 heteroatoms. The summed E-state index contributed by atoms with van der Waals surface area (Å²) in [5, 5.41) is 10.9. The first-order valence-corrected chi connectivity index (χ1v) is 6.64. The number of rotatable bonds is 4. The van der Waals surface area contributed by atoms with Gasteiger partial charge in [0.1, 0.15) is 5.76 Å². The highest BCUT2D eigenvalue weighted by molar-refractivity contribution is 5.78. The van der Waals surface area contributed by atoms with E-state index in [4.69, 9.17) is 4.42 Å².